The van der Waals surface area contributed by atoms with Crippen LogP contribution in [0.5, 0.6) is 0 Å². The summed E-state index contributed by atoms with van der Waals surface area (Å²) in [5.41, 5.74) is 5.58. The van der Waals surface area contributed by atoms with E-state index >= 15 is 9.59 Å². The van der Waals surface area contributed by atoms with Crippen LogP contribution in [0.4, 0.5) is 0 Å². The molecule has 3 saturated heterocycles. The van der Waals surface area contributed by atoms with Gasteiger partial charge in [-0.25, -0.2) is 0 Å². The first-order valence-corrected chi connectivity index (χ1v) is 47.6. The first kappa shape index (κ1) is 94.1. The van der Waals surface area contributed by atoms with Gasteiger partial charge in [-0.2, -0.15) is 0 Å². The Labute approximate surface area is 723 Å². The first-order chi connectivity index (χ1) is 59.5. The molecule has 11 rings (SSSR count). The normalized spacial score (nSPS) is 22.0. The molecule has 0 spiro atoms. The van der Waals surface area contributed by atoms with E-state index in [2.05, 4.69) is 81.4 Å². The Morgan fingerprint density at radius 3 is 0.835 bits per heavy atom. The lowest BCUT2D eigenvalue weighted by Crippen LogP contribution is -2.66. The molecule has 1 N–H and O–H groups in total. The number of cyclic esters (lactones) is 2. The molecule has 8 aromatic rings. The predicted octanol–water partition coefficient (Wildman–Crippen LogP) is 21.3. The second kappa shape index (κ2) is 53.6. The van der Waals surface area contributed by atoms with Gasteiger partial charge in [0.05, 0.1) is 64.7 Å². The molecule has 3 aliphatic rings. The lowest BCUT2D eigenvalue weighted by atomic mass is 9.97. The highest BCUT2D eigenvalue weighted by Gasteiger charge is 2.54. The molecule has 0 amide bonds. The molecule has 0 unspecified atom stereocenters. The van der Waals surface area contributed by atoms with Crippen molar-refractivity contribution in [2.24, 2.45) is 0 Å². The van der Waals surface area contributed by atoms with E-state index in [4.69, 9.17) is 61.3 Å². The highest BCUT2D eigenvalue weighted by molar-refractivity contribution is 6.99. The molecule has 16 nitrogen and oxygen atoms in total. The van der Waals surface area contributed by atoms with E-state index in [1.807, 2.05) is 182 Å². The van der Waals surface area contributed by atoms with Crippen molar-refractivity contribution >= 4 is 30.6 Å². The second-order valence-electron chi connectivity index (χ2n) is 34.2. The fraction of sp³-hybridized carbons (Fsp3) is 0.519. The van der Waals surface area contributed by atoms with Crippen LogP contribution in [0.3, 0.4) is 0 Å². The van der Waals surface area contributed by atoms with Gasteiger partial charge in [-0.05, 0) is 74.5 Å². The Morgan fingerprint density at radius 1 is 0.306 bits per heavy atom. The number of ether oxygens (including phenoxy) is 12. The van der Waals surface area contributed by atoms with Crippen LogP contribution in [-0.4, -0.2) is 125 Å². The number of benzene rings is 8. The minimum absolute atomic E-state index is 0.0399. The maximum absolute atomic E-state index is 15.3. The lowest BCUT2D eigenvalue weighted by Gasteiger charge is -2.47. The van der Waals surface area contributed by atoms with E-state index in [1.165, 1.54) is 74.6 Å². The van der Waals surface area contributed by atoms with E-state index in [-0.39, 0.29) is 77.3 Å². The molecule has 8 aromatic carbocycles. The van der Waals surface area contributed by atoms with Crippen molar-refractivity contribution in [2.75, 3.05) is 26.4 Å². The molecular weight excluding hydrogens is 1530 g/mol. The summed E-state index contributed by atoms with van der Waals surface area (Å²) in [7, 11) is -2.55. The first-order valence-electron chi connectivity index (χ1n) is 45.7. The molecule has 12 atom stereocenters. The molecule has 0 aromatic heterocycles. The third-order valence-corrected chi connectivity index (χ3v) is 28.8. The number of esters is 2. The molecule has 0 aliphatic carbocycles. The van der Waals surface area contributed by atoms with Crippen LogP contribution >= 0.6 is 0 Å². The van der Waals surface area contributed by atoms with Crippen molar-refractivity contribution in [1.29, 1.82) is 0 Å². The van der Waals surface area contributed by atoms with Crippen LogP contribution in [0.15, 0.2) is 243 Å². The van der Waals surface area contributed by atoms with Crippen molar-refractivity contribution in [3.8, 4) is 0 Å². The van der Waals surface area contributed by atoms with Gasteiger partial charge in [0.1, 0.15) is 62.0 Å². The molecule has 3 fully saturated rings. The van der Waals surface area contributed by atoms with Gasteiger partial charge in [-0.1, -0.05) is 405 Å². The molecular formula is C104H138O16Si. The topological polar surface area (TPSA) is 174 Å². The maximum Gasteiger partial charge on any atom is 0.308 e. The number of rotatable bonds is 50. The lowest BCUT2D eigenvalue weighted by molar-refractivity contribution is -0.338. The van der Waals surface area contributed by atoms with Gasteiger partial charge in [0.15, 0.2) is 12.6 Å². The highest BCUT2D eigenvalue weighted by Crippen LogP contribution is 2.39. The smallest absolute Gasteiger partial charge is 0.308 e. The molecule has 3 aliphatic heterocycles. The van der Waals surface area contributed by atoms with E-state index in [0.717, 1.165) is 130 Å². The molecule has 0 saturated carbocycles. The number of hydrogen-bond acceptors (Lipinski definition) is 16. The average molecular weight is 1670 g/mol. The Balaban J connectivity index is 0.838. The zero-order chi connectivity index (χ0) is 84.0. The third-order valence-electron chi connectivity index (χ3n) is 23.7. The molecule has 654 valence electrons. The zero-order valence-electron chi connectivity index (χ0n) is 72.5. The number of fused-ring (bicyclic) bond motifs is 4. The number of aliphatic hydroxyl groups excluding tert-OH is 1. The van der Waals surface area contributed by atoms with Gasteiger partial charge in [0, 0.05) is 13.2 Å². The number of carbonyl (C=O) groups excluding carboxylic acids is 2. The van der Waals surface area contributed by atoms with E-state index in [9.17, 15) is 5.11 Å². The SMILES string of the molecule is CC(C)(C)[Si](OCCCCCCCCCCCCCC[C@@H]1CC(=O)OC[C@H]2O[C@@H](O[C@H](CCCCCCCCCCCCCCO)CC(=O)OC[C@H]3O[C@@H](O1)[C@H](OCc1ccccc1)[C@@H](OCc1ccccc1)[C@@H]3OCc1ccccc1)[C@H](OCc1ccccc1)[C@@H](OCc1ccccc1)[C@@H]2OCc1ccccc1)(c1ccccc1)c1ccccc1. The molecule has 121 heavy (non-hydrogen) atoms. The molecule has 17 heteroatoms. The summed E-state index contributed by atoms with van der Waals surface area (Å²) in [6, 6.07) is 81.8. The van der Waals surface area contributed by atoms with E-state index in [0.29, 0.717) is 12.8 Å². The quantitative estimate of drug-likeness (QED) is 0.0216. The number of aliphatic hydroxyl groups is 1. The summed E-state index contributed by atoms with van der Waals surface area (Å²) in [5.74, 6) is -1.00. The number of carbonyl (C=O) groups is 2. The van der Waals surface area contributed by atoms with Gasteiger partial charge in [0.25, 0.3) is 8.32 Å². The summed E-state index contributed by atoms with van der Waals surface area (Å²) in [5, 5.41) is 11.9. The van der Waals surface area contributed by atoms with Gasteiger partial charge < -0.3 is 66.4 Å². The minimum atomic E-state index is -2.55. The van der Waals surface area contributed by atoms with Crippen molar-refractivity contribution < 1.29 is 76.0 Å². The Morgan fingerprint density at radius 2 is 0.554 bits per heavy atom. The summed E-state index contributed by atoms with van der Waals surface area (Å²) >= 11 is 0. The molecule has 3 heterocycles. The number of unbranched alkanes of at least 4 members (excludes halogenated alkanes) is 22. The summed E-state index contributed by atoms with van der Waals surface area (Å²) < 4.78 is 92.4. The van der Waals surface area contributed by atoms with Gasteiger partial charge >= 0.3 is 11.9 Å². The summed E-state index contributed by atoms with van der Waals surface area (Å²) in [6.07, 6.45) is 15.8. The van der Waals surface area contributed by atoms with Crippen molar-refractivity contribution in [2.45, 2.75) is 319 Å². The van der Waals surface area contributed by atoms with Crippen LogP contribution in [0.25, 0.3) is 0 Å². The van der Waals surface area contributed by atoms with Gasteiger partial charge in [-0.15, -0.1) is 0 Å². The van der Waals surface area contributed by atoms with Crippen LogP contribution < -0.4 is 10.4 Å². The fourth-order valence-corrected chi connectivity index (χ4v) is 21.7. The third kappa shape index (κ3) is 31.9. The Kier molecular flexibility index (Phi) is 41.7. The maximum atomic E-state index is 15.3. The van der Waals surface area contributed by atoms with Crippen molar-refractivity contribution in [1.82, 2.24) is 0 Å². The fourth-order valence-electron chi connectivity index (χ4n) is 17.1. The molecule has 0 radical (unpaired) electrons. The highest BCUT2D eigenvalue weighted by atomic mass is 28.4. The van der Waals surface area contributed by atoms with Crippen LogP contribution in [0, 0.1) is 0 Å². The van der Waals surface area contributed by atoms with Gasteiger partial charge in [0.2, 0.25) is 0 Å². The van der Waals surface area contributed by atoms with Gasteiger partial charge in [-0.3, -0.25) is 9.59 Å². The minimum Gasteiger partial charge on any atom is -0.463 e. The van der Waals surface area contributed by atoms with Crippen LogP contribution in [0.2, 0.25) is 5.04 Å². The Hall–Kier alpha value is -7.56. The second-order valence-corrected chi connectivity index (χ2v) is 38.5. The standard InChI is InChI=1S/C104H138O16Si/c1-104(2,3)121(90-66-46-30-47-67-90,91-68-48-31-49-69-91)116-71-51-23-19-15-11-7-5-9-13-17-21-45-65-89-73-95(107)109-81-92-96(110-74-82-52-32-24-33-53-82)98(112-76-84-56-36-26-37-57-84)100(114-78-86-60-40-28-41-61-86)102(119-92)117-88(64-44-20-16-12-8-4-6-10-14-18-22-50-70-105)72-94(106)108-80-93-97(111-75-83-54-34-25-35-55-83)99(113-77-85-58-38-27-39-59-85)101(103(118-89)120-93)115-79-87-62-42-29-43-63-87/h24-43,46-49,52-63,66-69,88-89,92-93,96-103,105H,4-23,44-45,50-51,64-65,70-81H2,1-3H3/t88-,89-,92-,93-,96-,97-,98+,99+,100-,101-,102-,103-/m1/s1. The monoisotopic (exact) mass is 1670 g/mol. The van der Waals surface area contributed by atoms with Crippen LogP contribution in [-0.2, 0) is 110 Å². The largest absolute Gasteiger partial charge is 0.463 e. The summed E-state index contributed by atoms with van der Waals surface area (Å²) in [4.78, 5) is 30.6. The van der Waals surface area contributed by atoms with Crippen molar-refractivity contribution in [3.05, 3.63) is 276 Å². The summed E-state index contributed by atoms with van der Waals surface area (Å²) in [6.45, 7) is 8.69. The van der Waals surface area contributed by atoms with Crippen LogP contribution in [0.1, 0.15) is 234 Å². The zero-order valence-corrected chi connectivity index (χ0v) is 73.5. The van der Waals surface area contributed by atoms with E-state index < -0.39 is 93.9 Å². The molecule has 4 bridgehead atoms. The Bertz CT molecular complexity index is 3820. The van der Waals surface area contributed by atoms with Crippen molar-refractivity contribution in [3.63, 3.8) is 0 Å². The average Bonchev–Trinajstić information content (AvgIpc) is 0.746. The predicted molar refractivity (Wildman–Crippen MR) is 479 cm³/mol. The van der Waals surface area contributed by atoms with E-state index in [1.54, 1.807) is 0 Å². The number of hydrogen-bond donors (Lipinski definition) is 1.